The van der Waals surface area contributed by atoms with Crippen LogP contribution in [0.1, 0.15) is 38.6 Å². The molecule has 0 aliphatic carbocycles. The lowest BCUT2D eigenvalue weighted by Gasteiger charge is -2.04. The van der Waals surface area contributed by atoms with Gasteiger partial charge in [-0.3, -0.25) is 5.10 Å². The summed E-state index contributed by atoms with van der Waals surface area (Å²) in [5.74, 6) is 0.651. The monoisotopic (exact) mass is 295 g/mol. The van der Waals surface area contributed by atoms with Crippen molar-refractivity contribution < 1.29 is 0 Å². The Hall–Kier alpha value is -2.56. The molecule has 2 aromatic rings. The van der Waals surface area contributed by atoms with Crippen molar-refractivity contribution in [3.05, 3.63) is 54.4 Å². The maximum absolute atomic E-state index is 4.50. The molecule has 2 aromatic heterocycles. The molecule has 0 fully saturated rings. The van der Waals surface area contributed by atoms with Crippen molar-refractivity contribution in [2.75, 3.05) is 0 Å². The Kier molecular flexibility index (Phi) is 5.77. The van der Waals surface area contributed by atoms with E-state index in [2.05, 4.69) is 32.1 Å². The van der Waals surface area contributed by atoms with Crippen LogP contribution in [0.5, 0.6) is 0 Å². The van der Waals surface area contributed by atoms with Gasteiger partial charge in [0.2, 0.25) is 0 Å². The van der Waals surface area contributed by atoms with Gasteiger partial charge < -0.3 is 0 Å². The fourth-order valence-corrected chi connectivity index (χ4v) is 2.22. The topological polar surface area (TPSA) is 67.3 Å². The van der Waals surface area contributed by atoms with E-state index < -0.39 is 0 Å². The molecular formula is C17H21N5. The normalized spacial score (nSPS) is 12.6. The molecule has 0 saturated heterocycles. The number of aryl methyl sites for hydroxylation is 1. The number of H-pyrrole nitrogens is 1. The first-order valence-corrected chi connectivity index (χ1v) is 7.47. The summed E-state index contributed by atoms with van der Waals surface area (Å²) in [6.45, 7) is 6.12. The molecule has 5 nitrogen and oxygen atoms in total. The van der Waals surface area contributed by atoms with Crippen molar-refractivity contribution >= 4 is 5.57 Å². The Balaban J connectivity index is 2.61. The fourth-order valence-electron chi connectivity index (χ4n) is 2.22. The van der Waals surface area contributed by atoms with E-state index in [-0.39, 0.29) is 0 Å². The molecule has 5 heteroatoms. The lowest BCUT2D eigenvalue weighted by atomic mass is 10.0. The summed E-state index contributed by atoms with van der Waals surface area (Å²) in [7, 11) is 0. The van der Waals surface area contributed by atoms with Crippen LogP contribution < -0.4 is 0 Å². The predicted octanol–water partition coefficient (Wildman–Crippen LogP) is 3.75. The first-order valence-electron chi connectivity index (χ1n) is 7.47. The molecular weight excluding hydrogens is 274 g/mol. The minimum Gasteiger partial charge on any atom is -0.281 e. The third-order valence-electron chi connectivity index (χ3n) is 3.15. The molecule has 22 heavy (non-hydrogen) atoms. The van der Waals surface area contributed by atoms with E-state index in [0.29, 0.717) is 5.82 Å². The second-order valence-electron chi connectivity index (χ2n) is 4.79. The summed E-state index contributed by atoms with van der Waals surface area (Å²) >= 11 is 0. The lowest BCUT2D eigenvalue weighted by Crippen LogP contribution is -1.95. The highest BCUT2D eigenvalue weighted by Crippen LogP contribution is 2.29. The summed E-state index contributed by atoms with van der Waals surface area (Å²) in [4.78, 5) is 12.5. The van der Waals surface area contributed by atoms with E-state index in [0.717, 1.165) is 35.4 Å². The van der Waals surface area contributed by atoms with E-state index in [1.807, 2.05) is 44.2 Å². The molecule has 0 aromatic carbocycles. The van der Waals surface area contributed by atoms with Crippen LogP contribution in [0.2, 0.25) is 0 Å². The van der Waals surface area contributed by atoms with Crippen LogP contribution in [0.3, 0.4) is 0 Å². The van der Waals surface area contributed by atoms with Crippen LogP contribution in [-0.4, -0.2) is 25.1 Å². The van der Waals surface area contributed by atoms with Gasteiger partial charge in [0.15, 0.2) is 5.82 Å². The van der Waals surface area contributed by atoms with Gasteiger partial charge in [0.05, 0.1) is 5.56 Å². The minimum absolute atomic E-state index is 0.651. The van der Waals surface area contributed by atoms with Gasteiger partial charge in [-0.25, -0.2) is 15.0 Å². The van der Waals surface area contributed by atoms with Gasteiger partial charge in [0, 0.05) is 11.3 Å². The number of allylic oxidation sites excluding steroid dienone is 6. The number of nitrogens with one attached hydrogen (secondary N) is 1. The second kappa shape index (κ2) is 8.02. The Morgan fingerprint density at radius 2 is 1.95 bits per heavy atom. The minimum atomic E-state index is 0.651. The molecule has 2 heterocycles. The number of nitrogens with zero attached hydrogens (tertiary/aromatic N) is 4. The van der Waals surface area contributed by atoms with Crippen molar-refractivity contribution in [3.63, 3.8) is 0 Å². The molecule has 0 spiro atoms. The standard InChI is InChI=1S/C17H21N5/c1-4-7-10-13(8-5-2)16-15(14(9-6-3)21-22-16)17-19-11-18-12-20-17/h4-5,7-8,10-12H,6,9H2,1-3H3,(H,21,22)/b7-4-,8-5-,13-10+. The van der Waals surface area contributed by atoms with E-state index in [1.54, 1.807) is 0 Å². The molecule has 2 rings (SSSR count). The third-order valence-corrected chi connectivity index (χ3v) is 3.15. The van der Waals surface area contributed by atoms with Gasteiger partial charge in [-0.1, -0.05) is 43.7 Å². The van der Waals surface area contributed by atoms with E-state index in [9.17, 15) is 0 Å². The maximum atomic E-state index is 4.50. The molecule has 114 valence electrons. The first-order chi connectivity index (χ1) is 10.8. The van der Waals surface area contributed by atoms with Crippen molar-refractivity contribution in [2.24, 2.45) is 0 Å². The predicted molar refractivity (Wildman–Crippen MR) is 89.0 cm³/mol. The molecule has 0 amide bonds. The van der Waals surface area contributed by atoms with Crippen LogP contribution in [0.4, 0.5) is 0 Å². The highest BCUT2D eigenvalue weighted by atomic mass is 15.1. The van der Waals surface area contributed by atoms with Crippen LogP contribution in [-0.2, 0) is 6.42 Å². The van der Waals surface area contributed by atoms with Crippen LogP contribution in [0.15, 0.2) is 43.0 Å². The summed E-state index contributed by atoms with van der Waals surface area (Å²) < 4.78 is 0. The quantitative estimate of drug-likeness (QED) is 0.824. The molecule has 0 atom stereocenters. The van der Waals surface area contributed by atoms with Crippen molar-refractivity contribution in [1.82, 2.24) is 25.1 Å². The Morgan fingerprint density at radius 1 is 1.18 bits per heavy atom. The molecule has 0 saturated carbocycles. The highest BCUT2D eigenvalue weighted by Gasteiger charge is 2.18. The van der Waals surface area contributed by atoms with Crippen LogP contribution in [0.25, 0.3) is 17.0 Å². The van der Waals surface area contributed by atoms with Gasteiger partial charge >= 0.3 is 0 Å². The SMILES string of the molecule is C\C=C/C=C(\C=C/C)c1n[nH]c(CCC)c1-c1ncncn1. The van der Waals surface area contributed by atoms with E-state index >= 15 is 0 Å². The van der Waals surface area contributed by atoms with Gasteiger partial charge in [0.25, 0.3) is 0 Å². The number of hydrogen-bond donors (Lipinski definition) is 1. The third kappa shape index (κ3) is 3.55. The lowest BCUT2D eigenvalue weighted by molar-refractivity contribution is 0.865. The highest BCUT2D eigenvalue weighted by molar-refractivity contribution is 5.83. The average Bonchev–Trinajstić information content (AvgIpc) is 2.96. The number of rotatable bonds is 6. The van der Waals surface area contributed by atoms with Gasteiger partial charge in [-0.15, -0.1) is 0 Å². The van der Waals surface area contributed by atoms with Gasteiger partial charge in [-0.05, 0) is 20.3 Å². The number of aromatic nitrogens is 5. The van der Waals surface area contributed by atoms with Crippen molar-refractivity contribution in [1.29, 1.82) is 0 Å². The van der Waals surface area contributed by atoms with Crippen LogP contribution >= 0.6 is 0 Å². The van der Waals surface area contributed by atoms with Crippen molar-refractivity contribution in [3.8, 4) is 11.4 Å². The zero-order chi connectivity index (χ0) is 15.8. The smallest absolute Gasteiger partial charge is 0.166 e. The van der Waals surface area contributed by atoms with Gasteiger partial charge in [-0.2, -0.15) is 5.10 Å². The molecule has 0 unspecified atom stereocenters. The van der Waals surface area contributed by atoms with E-state index in [1.165, 1.54) is 12.7 Å². The molecule has 1 N–H and O–H groups in total. The molecule has 0 aliphatic heterocycles. The molecule has 0 bridgehead atoms. The Labute approximate surface area is 130 Å². The molecule has 0 radical (unpaired) electrons. The maximum Gasteiger partial charge on any atom is 0.166 e. The zero-order valence-corrected chi connectivity index (χ0v) is 13.2. The van der Waals surface area contributed by atoms with E-state index in [4.69, 9.17) is 0 Å². The Morgan fingerprint density at radius 3 is 2.59 bits per heavy atom. The van der Waals surface area contributed by atoms with Crippen molar-refractivity contribution in [2.45, 2.75) is 33.6 Å². The summed E-state index contributed by atoms with van der Waals surface area (Å²) in [5, 5.41) is 7.64. The largest absolute Gasteiger partial charge is 0.281 e. The number of aromatic amines is 1. The van der Waals surface area contributed by atoms with Crippen LogP contribution in [0, 0.1) is 0 Å². The molecule has 0 aliphatic rings. The second-order valence-corrected chi connectivity index (χ2v) is 4.79. The number of hydrogen-bond acceptors (Lipinski definition) is 4. The Bertz CT molecular complexity index is 680. The fraction of sp³-hybridized carbons (Fsp3) is 0.294. The van der Waals surface area contributed by atoms with Gasteiger partial charge in [0.1, 0.15) is 18.3 Å². The first kappa shape index (κ1) is 15.8. The summed E-state index contributed by atoms with van der Waals surface area (Å²) in [6, 6.07) is 0. The zero-order valence-electron chi connectivity index (χ0n) is 13.2. The summed E-state index contributed by atoms with van der Waals surface area (Å²) in [6.07, 6.45) is 15.0. The average molecular weight is 295 g/mol. The summed E-state index contributed by atoms with van der Waals surface area (Å²) in [5.41, 5.74) is 3.90.